The second-order valence-corrected chi connectivity index (χ2v) is 7.24. The quantitative estimate of drug-likeness (QED) is 0.382. The standard InChI is InChI=1S/C24H19N3O4/c1-16-9-11-19(12-10-16)26(24(29)17-5-4-6-20(13-17)27(30)31)15-18-14-23(28)25-22-8-3-2-7-21(18)22/h2-14H,15H2,1H3,(H,25,28). The van der Waals surface area contributed by atoms with E-state index in [2.05, 4.69) is 4.98 Å². The lowest BCUT2D eigenvalue weighted by Crippen LogP contribution is -2.31. The van der Waals surface area contributed by atoms with Crippen molar-refractivity contribution in [1.29, 1.82) is 0 Å². The summed E-state index contributed by atoms with van der Waals surface area (Å²) < 4.78 is 0. The molecule has 0 aliphatic heterocycles. The normalized spacial score (nSPS) is 10.7. The van der Waals surface area contributed by atoms with Crippen LogP contribution in [0.1, 0.15) is 21.5 Å². The van der Waals surface area contributed by atoms with Crippen LogP contribution in [0, 0.1) is 17.0 Å². The van der Waals surface area contributed by atoms with Gasteiger partial charge in [-0.2, -0.15) is 0 Å². The molecular formula is C24H19N3O4. The Labute approximate surface area is 177 Å². The number of aromatic amines is 1. The molecule has 7 nitrogen and oxygen atoms in total. The molecule has 4 aromatic rings. The number of non-ortho nitro benzene ring substituents is 1. The maximum absolute atomic E-state index is 13.4. The number of aromatic nitrogens is 1. The molecule has 3 aromatic carbocycles. The summed E-state index contributed by atoms with van der Waals surface area (Å²) in [4.78, 5) is 40.6. The number of hydrogen-bond donors (Lipinski definition) is 1. The first-order chi connectivity index (χ1) is 14.9. The van der Waals surface area contributed by atoms with Crippen molar-refractivity contribution in [3.05, 3.63) is 116 Å². The van der Waals surface area contributed by atoms with Crippen LogP contribution in [0.2, 0.25) is 0 Å². The zero-order chi connectivity index (χ0) is 22.0. The molecule has 0 unspecified atom stereocenters. The molecule has 0 spiro atoms. The average Bonchev–Trinajstić information content (AvgIpc) is 2.77. The van der Waals surface area contributed by atoms with E-state index in [9.17, 15) is 19.7 Å². The number of fused-ring (bicyclic) bond motifs is 1. The highest BCUT2D eigenvalue weighted by Gasteiger charge is 2.21. The molecule has 4 rings (SSSR count). The summed E-state index contributed by atoms with van der Waals surface area (Å²) in [6, 6.07) is 21.9. The van der Waals surface area contributed by atoms with Gasteiger partial charge in [-0.05, 0) is 36.8 Å². The summed E-state index contributed by atoms with van der Waals surface area (Å²) in [6.45, 7) is 2.08. The summed E-state index contributed by atoms with van der Waals surface area (Å²) >= 11 is 0. The number of nitro benzene ring substituents is 1. The first-order valence-electron chi connectivity index (χ1n) is 9.66. The predicted octanol–water partition coefficient (Wildman–Crippen LogP) is 4.59. The van der Waals surface area contributed by atoms with E-state index >= 15 is 0 Å². The van der Waals surface area contributed by atoms with Gasteiger partial charge in [-0.25, -0.2) is 0 Å². The number of rotatable bonds is 5. The largest absolute Gasteiger partial charge is 0.322 e. The summed E-state index contributed by atoms with van der Waals surface area (Å²) in [7, 11) is 0. The Bertz CT molecular complexity index is 1340. The van der Waals surface area contributed by atoms with Crippen molar-refractivity contribution in [2.24, 2.45) is 0 Å². The van der Waals surface area contributed by atoms with Crippen molar-refractivity contribution in [1.82, 2.24) is 4.98 Å². The Morgan fingerprint density at radius 1 is 1.00 bits per heavy atom. The molecule has 154 valence electrons. The number of benzene rings is 3. The van der Waals surface area contributed by atoms with Gasteiger partial charge in [0.15, 0.2) is 0 Å². The van der Waals surface area contributed by atoms with Gasteiger partial charge in [-0.1, -0.05) is 42.0 Å². The lowest BCUT2D eigenvalue weighted by molar-refractivity contribution is -0.384. The summed E-state index contributed by atoms with van der Waals surface area (Å²) in [5.74, 6) is -0.392. The van der Waals surface area contributed by atoms with E-state index in [4.69, 9.17) is 0 Å². The highest BCUT2D eigenvalue weighted by molar-refractivity contribution is 6.06. The van der Waals surface area contributed by atoms with Gasteiger partial charge in [-0.3, -0.25) is 19.7 Å². The molecule has 0 radical (unpaired) electrons. The SMILES string of the molecule is Cc1ccc(N(Cc2cc(=O)[nH]c3ccccc23)C(=O)c2cccc([N+](=O)[O-])c2)cc1. The van der Waals surface area contributed by atoms with Gasteiger partial charge >= 0.3 is 0 Å². The summed E-state index contributed by atoms with van der Waals surface area (Å²) in [5, 5.41) is 12.0. The zero-order valence-electron chi connectivity index (χ0n) is 16.7. The molecule has 1 N–H and O–H groups in total. The van der Waals surface area contributed by atoms with E-state index < -0.39 is 10.8 Å². The smallest absolute Gasteiger partial charge is 0.270 e. The molecule has 0 aliphatic rings. The maximum Gasteiger partial charge on any atom is 0.270 e. The van der Waals surface area contributed by atoms with Gasteiger partial charge in [-0.15, -0.1) is 0 Å². The number of amides is 1. The molecule has 0 fully saturated rings. The van der Waals surface area contributed by atoms with Crippen LogP contribution in [-0.2, 0) is 6.54 Å². The molecule has 0 aliphatic carbocycles. The highest BCUT2D eigenvalue weighted by atomic mass is 16.6. The number of H-pyrrole nitrogens is 1. The fourth-order valence-electron chi connectivity index (χ4n) is 3.49. The van der Waals surface area contributed by atoms with Crippen LogP contribution < -0.4 is 10.5 Å². The Morgan fingerprint density at radius 2 is 1.74 bits per heavy atom. The third-order valence-electron chi connectivity index (χ3n) is 5.06. The number of anilines is 1. The third kappa shape index (κ3) is 4.20. The number of nitrogens with zero attached hydrogens (tertiary/aromatic N) is 2. The number of nitro groups is 1. The van der Waals surface area contributed by atoms with Crippen LogP contribution in [0.3, 0.4) is 0 Å². The van der Waals surface area contributed by atoms with Crippen LogP contribution in [0.15, 0.2) is 83.7 Å². The fourth-order valence-corrected chi connectivity index (χ4v) is 3.49. The molecule has 0 bridgehead atoms. The molecule has 31 heavy (non-hydrogen) atoms. The molecule has 1 amide bonds. The number of para-hydroxylation sites is 1. The summed E-state index contributed by atoms with van der Waals surface area (Å²) in [5.41, 5.74) is 2.80. The highest BCUT2D eigenvalue weighted by Crippen LogP contribution is 2.25. The molecule has 0 saturated heterocycles. The van der Waals surface area contributed by atoms with E-state index in [1.807, 2.05) is 49.4 Å². The fraction of sp³-hybridized carbons (Fsp3) is 0.0833. The van der Waals surface area contributed by atoms with Crippen molar-refractivity contribution < 1.29 is 9.72 Å². The van der Waals surface area contributed by atoms with Gasteiger partial charge in [0.05, 0.1) is 11.5 Å². The van der Waals surface area contributed by atoms with E-state index in [-0.39, 0.29) is 23.4 Å². The van der Waals surface area contributed by atoms with E-state index in [0.717, 1.165) is 10.9 Å². The van der Waals surface area contributed by atoms with Crippen LogP contribution >= 0.6 is 0 Å². The van der Waals surface area contributed by atoms with Crippen LogP contribution in [0.5, 0.6) is 0 Å². The first kappa shape index (κ1) is 20.0. The minimum absolute atomic E-state index is 0.134. The number of carbonyl (C=O) groups is 1. The minimum atomic E-state index is -0.531. The number of hydrogen-bond acceptors (Lipinski definition) is 4. The second kappa shape index (κ2) is 8.23. The molecule has 0 atom stereocenters. The van der Waals surface area contributed by atoms with E-state index in [1.165, 1.54) is 29.2 Å². The third-order valence-corrected chi connectivity index (χ3v) is 5.06. The molecule has 0 saturated carbocycles. The lowest BCUT2D eigenvalue weighted by atomic mass is 10.1. The van der Waals surface area contributed by atoms with E-state index in [0.29, 0.717) is 16.8 Å². The molecular weight excluding hydrogens is 394 g/mol. The van der Waals surface area contributed by atoms with Crippen molar-refractivity contribution in [2.75, 3.05) is 4.90 Å². The Hall–Kier alpha value is -4.26. The Morgan fingerprint density at radius 3 is 2.48 bits per heavy atom. The van der Waals surface area contributed by atoms with Crippen molar-refractivity contribution in [2.45, 2.75) is 13.5 Å². The number of nitrogens with one attached hydrogen (secondary N) is 1. The Balaban J connectivity index is 1.82. The lowest BCUT2D eigenvalue weighted by Gasteiger charge is -2.24. The van der Waals surface area contributed by atoms with Crippen molar-refractivity contribution in [3.8, 4) is 0 Å². The number of pyridine rings is 1. The molecule has 1 heterocycles. The first-order valence-corrected chi connectivity index (χ1v) is 9.66. The number of aryl methyl sites for hydroxylation is 1. The van der Waals surface area contributed by atoms with Crippen LogP contribution in [0.25, 0.3) is 10.9 Å². The van der Waals surface area contributed by atoms with Gasteiger partial charge in [0.25, 0.3) is 11.6 Å². The summed E-state index contributed by atoms with van der Waals surface area (Å²) in [6.07, 6.45) is 0. The van der Waals surface area contributed by atoms with Gasteiger partial charge in [0.2, 0.25) is 5.56 Å². The van der Waals surface area contributed by atoms with Gasteiger partial charge in [0.1, 0.15) is 0 Å². The topological polar surface area (TPSA) is 96.3 Å². The van der Waals surface area contributed by atoms with Crippen molar-refractivity contribution >= 4 is 28.2 Å². The number of carbonyl (C=O) groups excluding carboxylic acids is 1. The maximum atomic E-state index is 13.4. The second-order valence-electron chi connectivity index (χ2n) is 7.24. The zero-order valence-corrected chi connectivity index (χ0v) is 16.7. The predicted molar refractivity (Wildman–Crippen MR) is 119 cm³/mol. The molecule has 7 heteroatoms. The van der Waals surface area contributed by atoms with Crippen LogP contribution in [0.4, 0.5) is 11.4 Å². The monoisotopic (exact) mass is 413 g/mol. The van der Waals surface area contributed by atoms with Crippen LogP contribution in [-0.4, -0.2) is 15.8 Å². The minimum Gasteiger partial charge on any atom is -0.322 e. The van der Waals surface area contributed by atoms with Gasteiger partial charge < -0.3 is 9.88 Å². The van der Waals surface area contributed by atoms with E-state index in [1.54, 1.807) is 12.1 Å². The van der Waals surface area contributed by atoms with Gasteiger partial charge in [0, 0.05) is 40.4 Å². The average molecular weight is 413 g/mol. The van der Waals surface area contributed by atoms with Crippen molar-refractivity contribution in [3.63, 3.8) is 0 Å². The molecule has 1 aromatic heterocycles. The Kier molecular flexibility index (Phi) is 5.32.